The maximum Gasteiger partial charge on any atom is 0.0773 e. The van der Waals surface area contributed by atoms with E-state index in [4.69, 9.17) is 11.5 Å². The molecule has 0 aliphatic heterocycles. The third-order valence-corrected chi connectivity index (χ3v) is 3.86. The molecular formula is C15H13BrN4. The van der Waals surface area contributed by atoms with E-state index in [-0.39, 0.29) is 0 Å². The van der Waals surface area contributed by atoms with Crippen molar-refractivity contribution in [2.24, 2.45) is 5.73 Å². The van der Waals surface area contributed by atoms with Crippen molar-refractivity contribution in [3.05, 3.63) is 64.5 Å². The molecule has 2 heterocycles. The summed E-state index contributed by atoms with van der Waals surface area (Å²) in [6.45, 7) is 0. The van der Waals surface area contributed by atoms with E-state index in [1.807, 2.05) is 30.3 Å². The minimum absolute atomic E-state index is 0.414. The van der Waals surface area contributed by atoms with E-state index in [1.54, 1.807) is 18.5 Å². The van der Waals surface area contributed by atoms with E-state index in [2.05, 4.69) is 25.9 Å². The van der Waals surface area contributed by atoms with Crippen LogP contribution in [-0.4, -0.2) is 9.97 Å². The summed E-state index contributed by atoms with van der Waals surface area (Å²) in [4.78, 5) is 8.72. The summed E-state index contributed by atoms with van der Waals surface area (Å²) < 4.78 is 0.868. The molecule has 1 atom stereocenters. The first-order chi connectivity index (χ1) is 9.66. The summed E-state index contributed by atoms with van der Waals surface area (Å²) in [6.07, 6.45) is 3.33. The Bertz CT molecular complexity index is 773. The average Bonchev–Trinajstić information content (AvgIpc) is 2.46. The number of nitrogen functional groups attached to an aromatic ring is 1. The van der Waals surface area contributed by atoms with Crippen LogP contribution in [0.25, 0.3) is 10.9 Å². The van der Waals surface area contributed by atoms with Gasteiger partial charge in [-0.3, -0.25) is 4.98 Å². The zero-order chi connectivity index (χ0) is 14.1. The number of nitrogens with two attached hydrogens (primary N) is 2. The third kappa shape index (κ3) is 2.26. The zero-order valence-electron chi connectivity index (χ0n) is 10.6. The molecule has 5 heteroatoms. The van der Waals surface area contributed by atoms with E-state index in [1.165, 1.54) is 0 Å². The minimum atomic E-state index is -0.414. The highest BCUT2D eigenvalue weighted by atomic mass is 79.9. The lowest BCUT2D eigenvalue weighted by molar-refractivity contribution is 0.826. The highest BCUT2D eigenvalue weighted by molar-refractivity contribution is 9.10. The number of fused-ring (bicyclic) bond motifs is 1. The Balaban J connectivity index is 2.14. The molecule has 0 saturated heterocycles. The number of halogens is 1. The zero-order valence-corrected chi connectivity index (χ0v) is 12.2. The Morgan fingerprint density at radius 1 is 1.15 bits per heavy atom. The van der Waals surface area contributed by atoms with Crippen LogP contribution in [0.4, 0.5) is 5.69 Å². The van der Waals surface area contributed by atoms with Gasteiger partial charge in [0.15, 0.2) is 0 Å². The first-order valence-electron chi connectivity index (χ1n) is 6.17. The standard InChI is InChI=1S/C15H13BrN4/c16-11-7-9-3-1-2-4-13(9)20-15(11)14(18)10-8-19-6-5-12(10)17/h1-8,14H,18H2,(H2,17,19). The summed E-state index contributed by atoms with van der Waals surface area (Å²) in [5, 5.41) is 1.06. The lowest BCUT2D eigenvalue weighted by Crippen LogP contribution is -2.16. The lowest BCUT2D eigenvalue weighted by atomic mass is 10.0. The second-order valence-corrected chi connectivity index (χ2v) is 5.38. The minimum Gasteiger partial charge on any atom is -0.398 e. The molecule has 0 aliphatic carbocycles. The van der Waals surface area contributed by atoms with Gasteiger partial charge in [0.2, 0.25) is 0 Å². The molecule has 0 fully saturated rings. The van der Waals surface area contributed by atoms with E-state index in [9.17, 15) is 0 Å². The SMILES string of the molecule is Nc1ccncc1C(N)c1nc2ccccc2cc1Br. The van der Waals surface area contributed by atoms with Gasteiger partial charge in [-0.2, -0.15) is 0 Å². The summed E-state index contributed by atoms with van der Waals surface area (Å²) in [7, 11) is 0. The van der Waals surface area contributed by atoms with Gasteiger partial charge in [0.05, 0.1) is 17.3 Å². The fraction of sp³-hybridized carbons (Fsp3) is 0.0667. The predicted octanol–water partition coefficient (Wildman–Crippen LogP) is 3.02. The molecular weight excluding hydrogens is 316 g/mol. The van der Waals surface area contributed by atoms with E-state index >= 15 is 0 Å². The van der Waals surface area contributed by atoms with Crippen LogP contribution in [0.15, 0.2) is 53.3 Å². The van der Waals surface area contributed by atoms with Crippen molar-refractivity contribution < 1.29 is 0 Å². The molecule has 2 aromatic heterocycles. The van der Waals surface area contributed by atoms with Crippen LogP contribution in [0.2, 0.25) is 0 Å². The number of hydrogen-bond acceptors (Lipinski definition) is 4. The second kappa shape index (κ2) is 5.19. The summed E-state index contributed by atoms with van der Waals surface area (Å²) >= 11 is 3.54. The fourth-order valence-corrected chi connectivity index (χ4v) is 2.73. The van der Waals surface area contributed by atoms with Crippen LogP contribution in [-0.2, 0) is 0 Å². The topological polar surface area (TPSA) is 77.8 Å². The van der Waals surface area contributed by atoms with Crippen molar-refractivity contribution in [1.82, 2.24) is 9.97 Å². The Hall–Kier alpha value is -1.98. The van der Waals surface area contributed by atoms with Crippen molar-refractivity contribution >= 4 is 32.5 Å². The van der Waals surface area contributed by atoms with Crippen LogP contribution < -0.4 is 11.5 Å². The van der Waals surface area contributed by atoms with Crippen LogP contribution in [0.1, 0.15) is 17.3 Å². The van der Waals surface area contributed by atoms with Crippen molar-refractivity contribution in [1.29, 1.82) is 0 Å². The molecule has 4 nitrogen and oxygen atoms in total. The van der Waals surface area contributed by atoms with Gasteiger partial charge >= 0.3 is 0 Å². The molecule has 0 saturated carbocycles. The number of nitrogens with zero attached hydrogens (tertiary/aromatic N) is 2. The van der Waals surface area contributed by atoms with Gasteiger partial charge in [0.25, 0.3) is 0 Å². The molecule has 0 spiro atoms. The summed E-state index contributed by atoms with van der Waals surface area (Å²) in [5.74, 6) is 0. The molecule has 100 valence electrons. The number of anilines is 1. The number of aromatic nitrogens is 2. The second-order valence-electron chi connectivity index (χ2n) is 4.53. The van der Waals surface area contributed by atoms with Crippen molar-refractivity contribution in [3.8, 4) is 0 Å². The molecule has 1 unspecified atom stereocenters. The number of pyridine rings is 2. The van der Waals surface area contributed by atoms with Crippen LogP contribution in [0, 0.1) is 0 Å². The highest BCUT2D eigenvalue weighted by Crippen LogP contribution is 2.30. The first-order valence-corrected chi connectivity index (χ1v) is 6.96. The molecule has 4 N–H and O–H groups in total. The largest absolute Gasteiger partial charge is 0.398 e. The van der Waals surface area contributed by atoms with E-state index in [0.717, 1.165) is 26.6 Å². The molecule has 1 aromatic carbocycles. The Morgan fingerprint density at radius 2 is 1.95 bits per heavy atom. The number of rotatable bonds is 2. The van der Waals surface area contributed by atoms with Gasteiger partial charge in [-0.1, -0.05) is 18.2 Å². The Labute approximate surface area is 125 Å². The smallest absolute Gasteiger partial charge is 0.0773 e. The number of hydrogen-bond donors (Lipinski definition) is 2. The van der Waals surface area contributed by atoms with Crippen molar-refractivity contribution in [2.45, 2.75) is 6.04 Å². The van der Waals surface area contributed by atoms with Gasteiger partial charge in [0, 0.05) is 33.5 Å². The molecule has 3 rings (SSSR count). The monoisotopic (exact) mass is 328 g/mol. The summed E-state index contributed by atoms with van der Waals surface area (Å²) in [6, 6.07) is 11.3. The van der Waals surface area contributed by atoms with Crippen molar-refractivity contribution in [3.63, 3.8) is 0 Å². The Kier molecular flexibility index (Phi) is 3.38. The van der Waals surface area contributed by atoms with Gasteiger partial charge in [-0.05, 0) is 34.1 Å². The van der Waals surface area contributed by atoms with Gasteiger partial charge in [0.1, 0.15) is 0 Å². The van der Waals surface area contributed by atoms with Gasteiger partial charge < -0.3 is 11.5 Å². The molecule has 0 bridgehead atoms. The van der Waals surface area contributed by atoms with Crippen LogP contribution in [0.5, 0.6) is 0 Å². The maximum atomic E-state index is 6.30. The summed E-state index contributed by atoms with van der Waals surface area (Å²) in [5.41, 5.74) is 15.3. The first kappa shape index (κ1) is 13.0. The lowest BCUT2D eigenvalue weighted by Gasteiger charge is -2.15. The molecule has 0 radical (unpaired) electrons. The maximum absolute atomic E-state index is 6.30. The number of para-hydroxylation sites is 1. The fourth-order valence-electron chi connectivity index (χ4n) is 2.15. The van der Waals surface area contributed by atoms with Gasteiger partial charge in [-0.15, -0.1) is 0 Å². The van der Waals surface area contributed by atoms with E-state index in [0.29, 0.717) is 5.69 Å². The average molecular weight is 329 g/mol. The Morgan fingerprint density at radius 3 is 2.75 bits per heavy atom. The normalized spacial score (nSPS) is 12.5. The third-order valence-electron chi connectivity index (χ3n) is 3.22. The highest BCUT2D eigenvalue weighted by Gasteiger charge is 2.17. The molecule has 20 heavy (non-hydrogen) atoms. The van der Waals surface area contributed by atoms with Crippen LogP contribution >= 0.6 is 15.9 Å². The van der Waals surface area contributed by atoms with Crippen LogP contribution in [0.3, 0.4) is 0 Å². The molecule has 0 amide bonds. The number of benzene rings is 1. The molecule has 0 aliphatic rings. The quantitative estimate of drug-likeness (QED) is 0.757. The van der Waals surface area contributed by atoms with Gasteiger partial charge in [-0.25, -0.2) is 4.98 Å². The predicted molar refractivity (Wildman–Crippen MR) is 84.1 cm³/mol. The van der Waals surface area contributed by atoms with E-state index < -0.39 is 6.04 Å². The van der Waals surface area contributed by atoms with Crippen molar-refractivity contribution in [2.75, 3.05) is 5.73 Å². The molecule has 3 aromatic rings.